The molecule has 0 unspecified atom stereocenters. The third kappa shape index (κ3) is 3.63. The highest BCUT2D eigenvalue weighted by Gasteiger charge is 2.45. The lowest BCUT2D eigenvalue weighted by molar-refractivity contribution is -0.128. The molecule has 168 valence electrons. The first kappa shape index (κ1) is 20.8. The van der Waals surface area contributed by atoms with E-state index in [0.29, 0.717) is 42.5 Å². The summed E-state index contributed by atoms with van der Waals surface area (Å²) in [6.45, 7) is 5.44. The molecule has 3 N–H and O–H groups in total. The molecular formula is C25H25N5O3. The quantitative estimate of drug-likeness (QED) is 0.589. The highest BCUT2D eigenvalue weighted by atomic mass is 16.5. The van der Waals surface area contributed by atoms with E-state index in [1.54, 1.807) is 4.90 Å². The SMILES string of the molecule is C=CC(=O)N1CCC2(CC1)CNc1c(C(N)=O)c(-c3ccc(Oc4ccccc4)cc3)nn12. The van der Waals surface area contributed by atoms with Gasteiger partial charge < -0.3 is 20.7 Å². The molecule has 1 fully saturated rings. The number of carbonyl (C=O) groups excluding carboxylic acids is 2. The second kappa shape index (κ2) is 8.12. The Hall–Kier alpha value is -4.07. The number of piperidine rings is 1. The molecule has 3 aromatic rings. The summed E-state index contributed by atoms with van der Waals surface area (Å²) in [5.41, 5.74) is 7.18. The third-order valence-electron chi connectivity index (χ3n) is 6.45. The minimum Gasteiger partial charge on any atom is -0.457 e. The summed E-state index contributed by atoms with van der Waals surface area (Å²) >= 11 is 0. The van der Waals surface area contributed by atoms with Crippen molar-refractivity contribution in [1.82, 2.24) is 14.7 Å². The summed E-state index contributed by atoms with van der Waals surface area (Å²) < 4.78 is 7.78. The van der Waals surface area contributed by atoms with Crippen molar-refractivity contribution in [2.75, 3.05) is 25.0 Å². The molecule has 0 aliphatic carbocycles. The molecule has 0 bridgehead atoms. The van der Waals surface area contributed by atoms with Gasteiger partial charge in [0.1, 0.15) is 28.6 Å². The van der Waals surface area contributed by atoms with Crippen LogP contribution in [0.3, 0.4) is 0 Å². The Bertz CT molecular complexity index is 1210. The number of para-hydroxylation sites is 1. The molecule has 5 rings (SSSR count). The lowest BCUT2D eigenvalue weighted by Crippen LogP contribution is -2.48. The van der Waals surface area contributed by atoms with Crippen molar-refractivity contribution >= 4 is 17.6 Å². The average Bonchev–Trinajstić information content (AvgIpc) is 3.39. The molecular weight excluding hydrogens is 418 g/mol. The third-order valence-corrected chi connectivity index (χ3v) is 6.45. The van der Waals surface area contributed by atoms with Crippen LogP contribution in [0.4, 0.5) is 5.82 Å². The summed E-state index contributed by atoms with van der Waals surface area (Å²) in [7, 11) is 0. The van der Waals surface area contributed by atoms with Crippen LogP contribution in [0.1, 0.15) is 23.2 Å². The molecule has 2 aliphatic rings. The van der Waals surface area contributed by atoms with Gasteiger partial charge in [-0.2, -0.15) is 5.10 Å². The molecule has 33 heavy (non-hydrogen) atoms. The number of nitrogens with zero attached hydrogens (tertiary/aromatic N) is 3. The molecule has 2 amide bonds. The van der Waals surface area contributed by atoms with E-state index >= 15 is 0 Å². The van der Waals surface area contributed by atoms with Crippen molar-refractivity contribution in [3.05, 3.63) is 72.8 Å². The van der Waals surface area contributed by atoms with Crippen LogP contribution < -0.4 is 15.8 Å². The Morgan fingerprint density at radius 3 is 2.36 bits per heavy atom. The van der Waals surface area contributed by atoms with Gasteiger partial charge in [-0.1, -0.05) is 24.8 Å². The average molecular weight is 444 g/mol. The molecule has 3 heterocycles. The van der Waals surface area contributed by atoms with Crippen LogP contribution in [0.5, 0.6) is 11.5 Å². The van der Waals surface area contributed by atoms with Gasteiger partial charge in [-0.25, -0.2) is 4.68 Å². The second-order valence-corrected chi connectivity index (χ2v) is 8.40. The van der Waals surface area contributed by atoms with E-state index in [9.17, 15) is 9.59 Å². The molecule has 8 heteroatoms. The number of benzene rings is 2. The Kier molecular flexibility index (Phi) is 5.12. The normalized spacial score (nSPS) is 16.2. The number of ether oxygens (including phenoxy) is 1. The molecule has 1 spiro atoms. The Morgan fingerprint density at radius 2 is 1.73 bits per heavy atom. The number of nitrogens with two attached hydrogens (primary N) is 1. The van der Waals surface area contributed by atoms with Crippen LogP contribution >= 0.6 is 0 Å². The van der Waals surface area contributed by atoms with Crippen molar-refractivity contribution in [3.63, 3.8) is 0 Å². The van der Waals surface area contributed by atoms with Gasteiger partial charge in [0, 0.05) is 25.2 Å². The highest BCUT2D eigenvalue weighted by Crippen LogP contribution is 2.42. The Labute approximate surface area is 191 Å². The van der Waals surface area contributed by atoms with Gasteiger partial charge in [0.2, 0.25) is 5.91 Å². The van der Waals surface area contributed by atoms with E-state index in [0.717, 1.165) is 24.2 Å². The number of anilines is 1. The number of fused-ring (bicyclic) bond motifs is 2. The first-order valence-corrected chi connectivity index (χ1v) is 10.9. The summed E-state index contributed by atoms with van der Waals surface area (Å²) in [5.74, 6) is 1.49. The van der Waals surface area contributed by atoms with Crippen molar-refractivity contribution in [2.24, 2.45) is 5.73 Å². The van der Waals surface area contributed by atoms with Crippen molar-refractivity contribution < 1.29 is 14.3 Å². The predicted molar refractivity (Wildman–Crippen MR) is 125 cm³/mol. The standard InChI is InChI=1S/C25H25N5O3/c1-2-20(31)29-14-12-25(13-15-29)16-27-24-21(23(26)32)22(28-30(24)25)17-8-10-19(11-9-17)33-18-6-4-3-5-7-18/h2-11,27H,1,12-16H2,(H2,26,32). The fourth-order valence-electron chi connectivity index (χ4n) is 4.65. The molecule has 0 atom stereocenters. The molecule has 8 nitrogen and oxygen atoms in total. The molecule has 1 saturated heterocycles. The van der Waals surface area contributed by atoms with Crippen molar-refractivity contribution in [3.8, 4) is 22.8 Å². The predicted octanol–water partition coefficient (Wildman–Crippen LogP) is 3.37. The second-order valence-electron chi connectivity index (χ2n) is 8.40. The minimum atomic E-state index is -0.528. The lowest BCUT2D eigenvalue weighted by atomic mass is 9.88. The van der Waals surface area contributed by atoms with Crippen molar-refractivity contribution in [2.45, 2.75) is 18.4 Å². The smallest absolute Gasteiger partial charge is 0.254 e. The van der Waals surface area contributed by atoms with Crippen LogP contribution in [0, 0.1) is 0 Å². The minimum absolute atomic E-state index is 0.0622. The topological polar surface area (TPSA) is 102 Å². The molecule has 2 aliphatic heterocycles. The number of likely N-dealkylation sites (tertiary alicyclic amines) is 1. The largest absolute Gasteiger partial charge is 0.457 e. The Morgan fingerprint density at radius 1 is 1.06 bits per heavy atom. The first-order valence-electron chi connectivity index (χ1n) is 10.9. The number of amides is 2. The van der Waals surface area contributed by atoms with E-state index in [4.69, 9.17) is 15.6 Å². The zero-order chi connectivity index (χ0) is 23.0. The first-order chi connectivity index (χ1) is 16.0. The maximum absolute atomic E-state index is 12.4. The number of aromatic nitrogens is 2. The van der Waals surface area contributed by atoms with Gasteiger partial charge in [0.05, 0.1) is 5.54 Å². The zero-order valence-electron chi connectivity index (χ0n) is 18.2. The van der Waals surface area contributed by atoms with Gasteiger partial charge >= 0.3 is 0 Å². The Balaban J connectivity index is 1.44. The summed E-state index contributed by atoms with van der Waals surface area (Å²) in [4.78, 5) is 26.2. The van der Waals surface area contributed by atoms with Crippen LogP contribution in [0.2, 0.25) is 0 Å². The molecule has 0 saturated carbocycles. The summed E-state index contributed by atoms with van der Waals surface area (Å²) in [5, 5.41) is 8.21. The summed E-state index contributed by atoms with van der Waals surface area (Å²) in [6, 6.07) is 17.0. The van der Waals surface area contributed by atoms with E-state index < -0.39 is 5.91 Å². The molecule has 0 radical (unpaired) electrons. The number of rotatable bonds is 5. The number of hydrogen-bond acceptors (Lipinski definition) is 5. The van der Waals surface area contributed by atoms with Gasteiger partial charge in [-0.05, 0) is 55.3 Å². The van der Waals surface area contributed by atoms with Crippen LogP contribution in [0.15, 0.2) is 67.3 Å². The lowest BCUT2D eigenvalue weighted by Gasteiger charge is -2.38. The number of carbonyl (C=O) groups is 2. The van der Waals surface area contributed by atoms with Crippen LogP contribution in [-0.2, 0) is 10.3 Å². The summed E-state index contributed by atoms with van der Waals surface area (Å²) in [6.07, 6.45) is 2.81. The van der Waals surface area contributed by atoms with Gasteiger partial charge in [0.15, 0.2) is 0 Å². The number of hydrogen-bond donors (Lipinski definition) is 2. The van der Waals surface area contributed by atoms with Gasteiger partial charge in [-0.15, -0.1) is 0 Å². The fraction of sp³-hybridized carbons (Fsp3) is 0.240. The maximum Gasteiger partial charge on any atom is 0.254 e. The fourth-order valence-corrected chi connectivity index (χ4v) is 4.65. The number of nitrogens with one attached hydrogen (secondary N) is 1. The zero-order valence-corrected chi connectivity index (χ0v) is 18.2. The maximum atomic E-state index is 12.4. The highest BCUT2D eigenvalue weighted by molar-refractivity contribution is 6.04. The van der Waals surface area contributed by atoms with Gasteiger partial charge in [0.25, 0.3) is 5.91 Å². The molecule has 2 aromatic carbocycles. The van der Waals surface area contributed by atoms with E-state index in [2.05, 4.69) is 11.9 Å². The number of primary amides is 1. The van der Waals surface area contributed by atoms with E-state index in [1.165, 1.54) is 6.08 Å². The van der Waals surface area contributed by atoms with Crippen LogP contribution in [0.25, 0.3) is 11.3 Å². The van der Waals surface area contributed by atoms with E-state index in [-0.39, 0.29) is 11.4 Å². The van der Waals surface area contributed by atoms with E-state index in [1.807, 2.05) is 59.3 Å². The monoisotopic (exact) mass is 443 g/mol. The van der Waals surface area contributed by atoms with Gasteiger partial charge in [-0.3, -0.25) is 9.59 Å². The van der Waals surface area contributed by atoms with Crippen molar-refractivity contribution in [1.29, 1.82) is 0 Å². The van der Waals surface area contributed by atoms with Crippen LogP contribution in [-0.4, -0.2) is 46.1 Å². The molecule has 1 aromatic heterocycles.